The molecule has 5 heteroatoms. The lowest BCUT2D eigenvalue weighted by molar-refractivity contribution is 0.317. The third-order valence-electron chi connectivity index (χ3n) is 3.08. The first-order valence-electron chi connectivity index (χ1n) is 7.22. The van der Waals surface area contributed by atoms with Crippen molar-refractivity contribution in [3.8, 4) is 11.8 Å². The average molecular weight is 327 g/mol. The Hall–Kier alpha value is -2.58. The second kappa shape index (κ2) is 7.61. The van der Waals surface area contributed by atoms with E-state index in [2.05, 4.69) is 0 Å². The van der Waals surface area contributed by atoms with Gasteiger partial charge in [0.15, 0.2) is 0 Å². The highest BCUT2D eigenvalue weighted by Crippen LogP contribution is 2.22. The van der Waals surface area contributed by atoms with E-state index in [0.717, 1.165) is 6.42 Å². The smallest absolute Gasteiger partial charge is 0.216 e. The van der Waals surface area contributed by atoms with Gasteiger partial charge < -0.3 is 4.74 Å². The van der Waals surface area contributed by atoms with Gasteiger partial charge in [0.2, 0.25) is 9.84 Å². The van der Waals surface area contributed by atoms with Crippen molar-refractivity contribution >= 4 is 15.9 Å². The Kier molecular flexibility index (Phi) is 5.56. The van der Waals surface area contributed by atoms with Crippen LogP contribution >= 0.6 is 0 Å². The van der Waals surface area contributed by atoms with Gasteiger partial charge in [0.05, 0.1) is 11.5 Å². The lowest BCUT2D eigenvalue weighted by atomic mass is 10.2. The van der Waals surface area contributed by atoms with Crippen LogP contribution < -0.4 is 4.74 Å². The summed E-state index contributed by atoms with van der Waals surface area (Å²) in [4.78, 5) is -0.192. The van der Waals surface area contributed by atoms with Crippen molar-refractivity contribution in [3.63, 3.8) is 0 Å². The Labute approximate surface area is 136 Å². The molecule has 2 aromatic rings. The fourth-order valence-electron chi connectivity index (χ4n) is 1.96. The van der Waals surface area contributed by atoms with Crippen LogP contribution in [0.15, 0.2) is 64.4 Å². The number of allylic oxidation sites excluding steroid dienone is 1. The summed E-state index contributed by atoms with van der Waals surface area (Å²) < 4.78 is 30.5. The fourth-order valence-corrected chi connectivity index (χ4v) is 3.14. The van der Waals surface area contributed by atoms with Gasteiger partial charge in [-0.05, 0) is 42.3 Å². The molecule has 23 heavy (non-hydrogen) atoms. The van der Waals surface area contributed by atoms with Crippen LogP contribution in [0, 0.1) is 11.3 Å². The summed E-state index contributed by atoms with van der Waals surface area (Å²) in [5.41, 5.74) is 0.606. The predicted molar refractivity (Wildman–Crippen MR) is 89.4 cm³/mol. The molecular formula is C18H17NO3S. The molecule has 0 unspecified atom stereocenters. The maximum absolute atomic E-state index is 12.5. The highest BCUT2D eigenvalue weighted by molar-refractivity contribution is 7.95. The first-order chi connectivity index (χ1) is 11.1. The zero-order valence-corrected chi connectivity index (χ0v) is 13.6. The molecule has 0 radical (unpaired) electrons. The van der Waals surface area contributed by atoms with Gasteiger partial charge in [0.1, 0.15) is 16.7 Å². The van der Waals surface area contributed by atoms with Gasteiger partial charge in [0.25, 0.3) is 0 Å². The van der Waals surface area contributed by atoms with Gasteiger partial charge in [-0.2, -0.15) is 5.26 Å². The summed E-state index contributed by atoms with van der Waals surface area (Å²) in [6, 6.07) is 16.7. The largest absolute Gasteiger partial charge is 0.494 e. The highest BCUT2D eigenvalue weighted by atomic mass is 32.2. The van der Waals surface area contributed by atoms with Crippen LogP contribution in [-0.4, -0.2) is 15.0 Å². The number of hydrogen-bond donors (Lipinski definition) is 0. The first-order valence-corrected chi connectivity index (χ1v) is 8.71. The number of nitriles is 1. The number of sulfone groups is 1. The van der Waals surface area contributed by atoms with E-state index in [-0.39, 0.29) is 9.80 Å². The van der Waals surface area contributed by atoms with Gasteiger partial charge in [-0.25, -0.2) is 8.42 Å². The molecule has 0 spiro atoms. The highest BCUT2D eigenvalue weighted by Gasteiger charge is 2.20. The third kappa shape index (κ3) is 4.21. The van der Waals surface area contributed by atoms with E-state index in [4.69, 9.17) is 4.74 Å². The molecule has 0 aliphatic heterocycles. The van der Waals surface area contributed by atoms with Crippen molar-refractivity contribution in [1.82, 2.24) is 0 Å². The summed E-state index contributed by atoms with van der Waals surface area (Å²) in [5, 5.41) is 9.27. The van der Waals surface area contributed by atoms with E-state index in [1.54, 1.807) is 48.5 Å². The second-order valence-electron chi connectivity index (χ2n) is 4.86. The summed E-state index contributed by atoms with van der Waals surface area (Å²) in [6.07, 6.45) is 2.24. The van der Waals surface area contributed by atoms with Crippen LogP contribution in [0.5, 0.6) is 5.75 Å². The molecule has 0 saturated carbocycles. The first kappa shape index (κ1) is 16.8. The Morgan fingerprint density at radius 2 is 1.91 bits per heavy atom. The number of hydrogen-bond acceptors (Lipinski definition) is 4. The molecule has 0 atom stereocenters. The van der Waals surface area contributed by atoms with Crippen LogP contribution in [0.1, 0.15) is 18.9 Å². The molecule has 0 N–H and O–H groups in total. The Morgan fingerprint density at radius 3 is 2.57 bits per heavy atom. The number of benzene rings is 2. The van der Waals surface area contributed by atoms with E-state index < -0.39 is 9.84 Å². The maximum Gasteiger partial charge on any atom is 0.216 e. The minimum absolute atomic E-state index is 0.103. The van der Waals surface area contributed by atoms with Crippen molar-refractivity contribution in [1.29, 1.82) is 5.26 Å². The van der Waals surface area contributed by atoms with Crippen molar-refractivity contribution in [2.75, 3.05) is 6.61 Å². The SMILES string of the molecule is CCCOc1cccc(/C=C(\C#N)S(=O)(=O)c2ccccc2)c1. The van der Waals surface area contributed by atoms with Crippen LogP contribution in [0.25, 0.3) is 6.08 Å². The molecule has 0 aromatic heterocycles. The van der Waals surface area contributed by atoms with Crippen LogP contribution in [0.2, 0.25) is 0 Å². The molecule has 0 aliphatic carbocycles. The van der Waals surface area contributed by atoms with Crippen molar-refractivity contribution in [3.05, 3.63) is 65.1 Å². The van der Waals surface area contributed by atoms with E-state index >= 15 is 0 Å². The topological polar surface area (TPSA) is 67.2 Å². The van der Waals surface area contributed by atoms with Crippen LogP contribution in [0.3, 0.4) is 0 Å². The third-order valence-corrected chi connectivity index (χ3v) is 4.76. The molecule has 0 amide bonds. The zero-order chi connectivity index (χ0) is 16.7. The Balaban J connectivity index is 2.38. The molecular weight excluding hydrogens is 310 g/mol. The molecule has 118 valence electrons. The van der Waals surface area contributed by atoms with Gasteiger partial charge in [-0.15, -0.1) is 0 Å². The monoisotopic (exact) mass is 327 g/mol. The number of rotatable bonds is 6. The zero-order valence-electron chi connectivity index (χ0n) is 12.8. The van der Waals surface area contributed by atoms with Crippen LogP contribution in [-0.2, 0) is 9.84 Å². The normalized spacial score (nSPS) is 11.7. The number of nitrogens with zero attached hydrogens (tertiary/aromatic N) is 1. The van der Waals surface area contributed by atoms with Gasteiger partial charge in [-0.3, -0.25) is 0 Å². The Bertz CT molecular complexity index is 834. The maximum atomic E-state index is 12.5. The summed E-state index contributed by atoms with van der Waals surface area (Å²) in [6.45, 7) is 2.59. The average Bonchev–Trinajstić information content (AvgIpc) is 2.59. The van der Waals surface area contributed by atoms with Crippen molar-refractivity contribution < 1.29 is 13.2 Å². The lowest BCUT2D eigenvalue weighted by Crippen LogP contribution is -2.03. The predicted octanol–water partition coefficient (Wildman–Crippen LogP) is 3.81. The molecule has 0 saturated heterocycles. The summed E-state index contributed by atoms with van der Waals surface area (Å²) >= 11 is 0. The molecule has 4 nitrogen and oxygen atoms in total. The van der Waals surface area contributed by atoms with Crippen LogP contribution in [0.4, 0.5) is 0 Å². The van der Waals surface area contributed by atoms with E-state index in [1.807, 2.05) is 6.92 Å². The summed E-state index contributed by atoms with van der Waals surface area (Å²) in [5.74, 6) is 0.648. The minimum atomic E-state index is -3.82. The van der Waals surface area contributed by atoms with Crippen molar-refractivity contribution in [2.24, 2.45) is 0 Å². The fraction of sp³-hybridized carbons (Fsp3) is 0.167. The van der Waals surface area contributed by atoms with E-state index in [9.17, 15) is 13.7 Å². The van der Waals surface area contributed by atoms with Gasteiger partial charge in [-0.1, -0.05) is 37.3 Å². The Morgan fingerprint density at radius 1 is 1.17 bits per heavy atom. The molecule has 2 rings (SSSR count). The lowest BCUT2D eigenvalue weighted by Gasteiger charge is -2.06. The quantitative estimate of drug-likeness (QED) is 0.757. The van der Waals surface area contributed by atoms with E-state index in [0.29, 0.717) is 17.9 Å². The standard InChI is InChI=1S/C18H17NO3S/c1-2-11-22-16-8-6-7-15(12-16)13-18(14-19)23(20,21)17-9-4-3-5-10-17/h3-10,12-13H,2,11H2,1H3/b18-13+. The molecule has 2 aromatic carbocycles. The molecule has 0 fully saturated rings. The molecule has 0 heterocycles. The van der Waals surface area contributed by atoms with Crippen molar-refractivity contribution in [2.45, 2.75) is 18.2 Å². The minimum Gasteiger partial charge on any atom is -0.494 e. The van der Waals surface area contributed by atoms with E-state index in [1.165, 1.54) is 18.2 Å². The number of ether oxygens (including phenoxy) is 1. The second-order valence-corrected chi connectivity index (χ2v) is 6.78. The summed E-state index contributed by atoms with van der Waals surface area (Å²) in [7, 11) is -3.82. The van der Waals surface area contributed by atoms with Gasteiger partial charge >= 0.3 is 0 Å². The van der Waals surface area contributed by atoms with Gasteiger partial charge in [0, 0.05) is 0 Å². The molecule has 0 bridgehead atoms. The molecule has 0 aliphatic rings.